The summed E-state index contributed by atoms with van der Waals surface area (Å²) in [6.07, 6.45) is 0.941. The fourth-order valence-corrected chi connectivity index (χ4v) is 2.54. The Morgan fingerprint density at radius 1 is 1.33 bits per heavy atom. The van der Waals surface area contributed by atoms with Gasteiger partial charge in [-0.15, -0.1) is 0 Å². The third kappa shape index (κ3) is 5.87. The van der Waals surface area contributed by atoms with E-state index in [0.717, 1.165) is 12.0 Å². The van der Waals surface area contributed by atoms with Crippen molar-refractivity contribution in [2.24, 2.45) is 0 Å². The topological polar surface area (TPSA) is 59.6 Å². The van der Waals surface area contributed by atoms with Gasteiger partial charge in [-0.3, -0.25) is 4.79 Å². The summed E-state index contributed by atoms with van der Waals surface area (Å²) in [4.78, 5) is 12.3. The second-order valence-corrected chi connectivity index (χ2v) is 6.77. The van der Waals surface area contributed by atoms with E-state index in [1.807, 2.05) is 19.9 Å². The van der Waals surface area contributed by atoms with E-state index in [0.29, 0.717) is 29.7 Å². The smallest absolute Gasteiger partial charge is 0.237 e. The number of rotatable bonds is 9. The van der Waals surface area contributed by atoms with Crippen LogP contribution in [0.4, 0.5) is 0 Å². The van der Waals surface area contributed by atoms with Crippen LogP contribution in [0.15, 0.2) is 12.1 Å². The molecule has 24 heavy (non-hydrogen) atoms. The molecule has 1 aromatic rings. The normalized spacial score (nSPS) is 12.6. The summed E-state index contributed by atoms with van der Waals surface area (Å²) in [6, 6.07) is 3.33. The van der Waals surface area contributed by atoms with Gasteiger partial charge in [-0.2, -0.15) is 0 Å². The van der Waals surface area contributed by atoms with Gasteiger partial charge in [-0.25, -0.2) is 0 Å². The van der Waals surface area contributed by atoms with Crippen molar-refractivity contribution in [1.29, 1.82) is 0 Å². The molecule has 0 heterocycles. The number of carbonyl (C=O) groups excluding carboxylic acids is 1. The van der Waals surface area contributed by atoms with Crippen molar-refractivity contribution in [3.05, 3.63) is 22.7 Å². The van der Waals surface area contributed by atoms with Gasteiger partial charge in [-0.05, 0) is 51.8 Å². The molecule has 1 aromatic carbocycles. The maximum Gasteiger partial charge on any atom is 0.237 e. The minimum Gasteiger partial charge on any atom is -0.493 e. The zero-order valence-electron chi connectivity index (χ0n) is 15.5. The number of nitrogens with one attached hydrogen (secondary N) is 2. The van der Waals surface area contributed by atoms with Crippen LogP contribution in [0.3, 0.4) is 0 Å². The van der Waals surface area contributed by atoms with Crippen LogP contribution in [0, 0.1) is 0 Å². The van der Waals surface area contributed by atoms with E-state index in [1.165, 1.54) is 0 Å². The highest BCUT2D eigenvalue weighted by Gasteiger charge is 2.22. The summed E-state index contributed by atoms with van der Waals surface area (Å²) >= 11 is 6.25. The van der Waals surface area contributed by atoms with Gasteiger partial charge in [0.05, 0.1) is 24.8 Å². The zero-order valence-corrected chi connectivity index (χ0v) is 16.2. The van der Waals surface area contributed by atoms with Gasteiger partial charge in [0.15, 0.2) is 11.5 Å². The lowest BCUT2D eigenvalue weighted by Crippen LogP contribution is -2.51. The minimum absolute atomic E-state index is 0.0551. The van der Waals surface area contributed by atoms with Gasteiger partial charge in [-0.1, -0.05) is 18.5 Å². The number of hydrogen-bond acceptors (Lipinski definition) is 4. The molecule has 0 saturated heterocycles. The lowest BCUT2D eigenvalue weighted by molar-refractivity contribution is -0.123. The number of halogens is 1. The fraction of sp³-hybridized carbons (Fsp3) is 0.611. The molecule has 6 heteroatoms. The molecule has 0 bridgehead atoms. The monoisotopic (exact) mass is 356 g/mol. The second kappa shape index (κ2) is 9.14. The van der Waals surface area contributed by atoms with E-state index in [2.05, 4.69) is 31.4 Å². The van der Waals surface area contributed by atoms with Gasteiger partial charge in [0.2, 0.25) is 5.91 Å². The third-order valence-electron chi connectivity index (χ3n) is 3.93. The number of carbonyl (C=O) groups is 1. The van der Waals surface area contributed by atoms with Crippen molar-refractivity contribution in [2.75, 3.05) is 13.7 Å². The summed E-state index contributed by atoms with van der Waals surface area (Å²) in [5.74, 6) is 1.03. The first-order valence-corrected chi connectivity index (χ1v) is 8.66. The molecule has 1 unspecified atom stereocenters. The van der Waals surface area contributed by atoms with Crippen molar-refractivity contribution in [2.45, 2.75) is 59.2 Å². The van der Waals surface area contributed by atoms with Gasteiger partial charge >= 0.3 is 0 Å². The van der Waals surface area contributed by atoms with Crippen molar-refractivity contribution in [1.82, 2.24) is 10.6 Å². The molecule has 0 aliphatic carbocycles. The molecule has 2 N–H and O–H groups in total. The Labute approximate surface area is 150 Å². The standard InChI is InChI=1S/C18H29ClN2O3/c1-7-18(4,5)21-12(3)17(22)20-11-13-9-14(19)16(24-8-2)15(10-13)23-6/h9-10,12,21H,7-8,11H2,1-6H3,(H,20,22). The Bertz CT molecular complexity index is 561. The minimum atomic E-state index is -0.278. The summed E-state index contributed by atoms with van der Waals surface area (Å²) < 4.78 is 10.8. The van der Waals surface area contributed by atoms with Crippen molar-refractivity contribution >= 4 is 17.5 Å². The van der Waals surface area contributed by atoms with Crippen LogP contribution in [-0.4, -0.2) is 31.2 Å². The summed E-state index contributed by atoms with van der Waals surface area (Å²) in [5, 5.41) is 6.71. The van der Waals surface area contributed by atoms with E-state index in [1.54, 1.807) is 13.2 Å². The molecule has 0 aromatic heterocycles. The molecular formula is C18H29ClN2O3. The molecular weight excluding hydrogens is 328 g/mol. The Kier molecular flexibility index (Phi) is 7.84. The maximum atomic E-state index is 12.3. The predicted octanol–water partition coefficient (Wildman–Crippen LogP) is 3.53. The van der Waals surface area contributed by atoms with Crippen LogP contribution in [-0.2, 0) is 11.3 Å². The molecule has 0 aliphatic rings. The van der Waals surface area contributed by atoms with Crippen LogP contribution in [0.1, 0.15) is 46.6 Å². The van der Waals surface area contributed by atoms with Crippen molar-refractivity contribution in [3.8, 4) is 11.5 Å². The number of amides is 1. The van der Waals surface area contributed by atoms with E-state index in [-0.39, 0.29) is 17.5 Å². The van der Waals surface area contributed by atoms with Crippen molar-refractivity contribution in [3.63, 3.8) is 0 Å². The average Bonchev–Trinajstić information content (AvgIpc) is 2.54. The summed E-state index contributed by atoms with van der Waals surface area (Å²) in [7, 11) is 1.56. The molecule has 0 saturated carbocycles. The van der Waals surface area contributed by atoms with Gasteiger partial charge < -0.3 is 20.1 Å². The van der Waals surface area contributed by atoms with Crippen LogP contribution in [0.2, 0.25) is 5.02 Å². The average molecular weight is 357 g/mol. The lowest BCUT2D eigenvalue weighted by Gasteiger charge is -2.28. The van der Waals surface area contributed by atoms with Gasteiger partial charge in [0, 0.05) is 12.1 Å². The first kappa shape index (κ1) is 20.6. The third-order valence-corrected chi connectivity index (χ3v) is 4.21. The second-order valence-electron chi connectivity index (χ2n) is 6.36. The largest absolute Gasteiger partial charge is 0.493 e. The fourth-order valence-electron chi connectivity index (χ4n) is 2.26. The highest BCUT2D eigenvalue weighted by atomic mass is 35.5. The first-order valence-electron chi connectivity index (χ1n) is 8.28. The molecule has 136 valence electrons. The van der Waals surface area contributed by atoms with Gasteiger partial charge in [0.1, 0.15) is 0 Å². The van der Waals surface area contributed by atoms with Crippen LogP contribution >= 0.6 is 11.6 Å². The van der Waals surface area contributed by atoms with E-state index < -0.39 is 0 Å². The molecule has 1 atom stereocenters. The van der Waals surface area contributed by atoms with Crippen LogP contribution < -0.4 is 20.1 Å². The number of methoxy groups -OCH3 is 1. The van der Waals surface area contributed by atoms with E-state index >= 15 is 0 Å². The quantitative estimate of drug-likeness (QED) is 0.710. The highest BCUT2D eigenvalue weighted by Crippen LogP contribution is 2.36. The predicted molar refractivity (Wildman–Crippen MR) is 98.0 cm³/mol. The Balaban J connectivity index is 2.73. The zero-order chi connectivity index (χ0) is 18.3. The van der Waals surface area contributed by atoms with E-state index in [4.69, 9.17) is 21.1 Å². The molecule has 5 nitrogen and oxygen atoms in total. The van der Waals surface area contributed by atoms with Crippen LogP contribution in [0.5, 0.6) is 11.5 Å². The molecule has 0 aliphatic heterocycles. The molecule has 0 radical (unpaired) electrons. The number of hydrogen-bond donors (Lipinski definition) is 2. The molecule has 0 spiro atoms. The Morgan fingerprint density at radius 3 is 2.54 bits per heavy atom. The Hall–Kier alpha value is -1.46. The Morgan fingerprint density at radius 2 is 2.00 bits per heavy atom. The van der Waals surface area contributed by atoms with Crippen LogP contribution in [0.25, 0.3) is 0 Å². The highest BCUT2D eigenvalue weighted by molar-refractivity contribution is 6.32. The summed E-state index contributed by atoms with van der Waals surface area (Å²) in [5.41, 5.74) is 0.776. The van der Waals surface area contributed by atoms with Gasteiger partial charge in [0.25, 0.3) is 0 Å². The number of ether oxygens (including phenoxy) is 2. The first-order chi connectivity index (χ1) is 11.2. The number of benzene rings is 1. The summed E-state index contributed by atoms with van der Waals surface area (Å²) in [6.45, 7) is 10.9. The lowest BCUT2D eigenvalue weighted by atomic mass is 10.0. The maximum absolute atomic E-state index is 12.3. The molecule has 1 amide bonds. The molecule has 1 rings (SSSR count). The SMILES string of the molecule is CCOc1c(Cl)cc(CNC(=O)C(C)NC(C)(C)CC)cc1OC. The molecule has 0 fully saturated rings. The van der Waals surface area contributed by atoms with E-state index in [9.17, 15) is 4.79 Å². The van der Waals surface area contributed by atoms with Crippen molar-refractivity contribution < 1.29 is 14.3 Å².